The molecule has 92 heavy (non-hydrogen) atoms. The number of methoxy groups -OCH3 is 2. The number of amides is 8. The van der Waals surface area contributed by atoms with Crippen molar-refractivity contribution in [2.24, 2.45) is 4.99 Å². The molecule has 23 heteroatoms. The number of aliphatic hydroxyl groups is 1. The molecule has 4 N–H and O–H groups in total. The Labute approximate surface area is 530 Å². The SMILES string of the molecule is C=C(C)[C@H](NC(=O)CCCCCN1C(=O)C=CC1=O)C(=O)N[C@@H](C)C(=O)Nc1ccc(COC(=O)N2c3cc(OCc4cccc(COc5cc6c(cc5OC)C(=O)N5Cc7ccccc7C[C@H]5C=N6)n4)c(OC)cc3C(=O)N3Cc4ccccc4CC3C2O)cc1. The van der Waals surface area contributed by atoms with Crippen LogP contribution in [0.3, 0.4) is 0 Å². The molecule has 6 heterocycles. The monoisotopic (exact) mass is 1250 g/mol. The Kier molecular flexibility index (Phi) is 18.9. The lowest BCUT2D eigenvalue weighted by Gasteiger charge is -2.39. The van der Waals surface area contributed by atoms with Crippen molar-refractivity contribution in [1.29, 1.82) is 0 Å². The molecule has 23 nitrogen and oxygen atoms in total. The average Bonchev–Trinajstić information content (AvgIpc) is 1.58. The average molecular weight is 1250 g/mol. The van der Waals surface area contributed by atoms with E-state index in [0.29, 0.717) is 83.2 Å². The van der Waals surface area contributed by atoms with Crippen molar-refractivity contribution in [3.63, 3.8) is 0 Å². The maximum atomic E-state index is 14.8. The second kappa shape index (κ2) is 27.6. The largest absolute Gasteiger partial charge is 0.493 e. The van der Waals surface area contributed by atoms with Gasteiger partial charge in [-0.3, -0.25) is 48.4 Å². The van der Waals surface area contributed by atoms with Crippen molar-refractivity contribution >= 4 is 70.7 Å². The summed E-state index contributed by atoms with van der Waals surface area (Å²) >= 11 is 0. The number of carbonyl (C=O) groups is 8. The number of rotatable bonds is 22. The number of anilines is 2. The molecule has 0 saturated carbocycles. The van der Waals surface area contributed by atoms with Crippen LogP contribution < -0.4 is 39.8 Å². The molecule has 8 amide bonds. The maximum Gasteiger partial charge on any atom is 0.416 e. The first-order valence-electron chi connectivity index (χ1n) is 30.2. The standard InChI is InChI=1S/C69H69N9O14/c1-40(2)63(74-60(79)20-7-6-12-27-75-61(80)25-26-62(75)81)65(83)71-41(3)64(82)73-47-23-21-42(22-24-47)37-92-69(87)78-54-33-59(57(89-5)31-52(54)67(85)77-36-46-17-11-9-15-44(46)29-55(77)68(78)86)91-39-49-19-13-18-48(72-49)38-90-58-32-53-51(30-56(58)88-4)66(84)76-35-45-16-10-8-14-43(45)28-50(76)34-70-53/h8-11,13-19,21-26,30-34,41,50,55,63,68,86H,1,6-7,12,20,27-29,35-39H2,2-5H3,(H,71,83)(H,73,82)(H,74,79)/t41-,50-,55?,63-,68?/m0/s1. The number of ether oxygens (including phenoxy) is 5. The molecular formula is C69H69N9O14. The number of aliphatic hydroxyl groups excluding tert-OH is 1. The van der Waals surface area contributed by atoms with Gasteiger partial charge >= 0.3 is 6.09 Å². The van der Waals surface area contributed by atoms with Gasteiger partial charge in [0, 0.05) is 62.2 Å². The molecule has 0 saturated heterocycles. The van der Waals surface area contributed by atoms with Crippen LogP contribution in [0.25, 0.3) is 0 Å². The zero-order valence-electron chi connectivity index (χ0n) is 51.2. The van der Waals surface area contributed by atoms with Gasteiger partial charge < -0.3 is 54.5 Å². The summed E-state index contributed by atoms with van der Waals surface area (Å²) in [5.74, 6) is -1.95. The first-order valence-corrected chi connectivity index (χ1v) is 30.2. The molecule has 2 unspecified atom stereocenters. The number of unbranched alkanes of at least 4 members (excludes halogenated alkanes) is 2. The Balaban J connectivity index is 0.733. The minimum absolute atomic E-state index is 0.00712. The molecule has 5 aromatic carbocycles. The second-order valence-electron chi connectivity index (χ2n) is 23.0. The summed E-state index contributed by atoms with van der Waals surface area (Å²) in [6.07, 6.45) is 4.18. The van der Waals surface area contributed by atoms with E-state index in [9.17, 15) is 43.5 Å². The molecule has 474 valence electrons. The van der Waals surface area contributed by atoms with E-state index in [4.69, 9.17) is 33.7 Å². The van der Waals surface area contributed by atoms with E-state index >= 15 is 0 Å². The summed E-state index contributed by atoms with van der Waals surface area (Å²) < 4.78 is 30.1. The fourth-order valence-electron chi connectivity index (χ4n) is 11.8. The van der Waals surface area contributed by atoms with Crippen LogP contribution in [0.1, 0.15) is 99.5 Å². The molecule has 1 aromatic heterocycles. The lowest BCUT2D eigenvalue weighted by Crippen LogP contribution is -2.55. The number of hydrogen-bond acceptors (Lipinski definition) is 16. The number of benzene rings is 5. The summed E-state index contributed by atoms with van der Waals surface area (Å²) in [6, 6.07) is 30.4. The van der Waals surface area contributed by atoms with E-state index in [-0.39, 0.29) is 92.3 Å². The van der Waals surface area contributed by atoms with Gasteiger partial charge in [-0.15, -0.1) is 0 Å². The molecule has 0 bridgehead atoms. The lowest BCUT2D eigenvalue weighted by atomic mass is 9.93. The number of carbonyl (C=O) groups excluding carboxylic acids is 8. The minimum Gasteiger partial charge on any atom is -0.493 e. The predicted octanol–water partition coefficient (Wildman–Crippen LogP) is 7.57. The number of nitrogens with one attached hydrogen (secondary N) is 3. The fourth-order valence-corrected chi connectivity index (χ4v) is 11.8. The van der Waals surface area contributed by atoms with E-state index in [1.165, 1.54) is 51.0 Å². The van der Waals surface area contributed by atoms with Gasteiger partial charge in [0.15, 0.2) is 29.2 Å². The Morgan fingerprint density at radius 3 is 1.93 bits per heavy atom. The number of hydrogen-bond donors (Lipinski definition) is 4. The van der Waals surface area contributed by atoms with E-state index in [2.05, 4.69) is 28.6 Å². The van der Waals surface area contributed by atoms with Crippen molar-refractivity contribution in [2.45, 2.75) is 116 Å². The van der Waals surface area contributed by atoms with Crippen LogP contribution in [0.2, 0.25) is 0 Å². The van der Waals surface area contributed by atoms with Crippen LogP contribution in [-0.2, 0) is 74.5 Å². The summed E-state index contributed by atoms with van der Waals surface area (Å²) in [7, 11) is 2.93. The second-order valence-corrected chi connectivity index (χ2v) is 23.0. The van der Waals surface area contributed by atoms with Gasteiger partial charge in [-0.1, -0.05) is 79.7 Å². The van der Waals surface area contributed by atoms with Gasteiger partial charge in [-0.2, -0.15) is 0 Å². The maximum absolute atomic E-state index is 14.8. The van der Waals surface area contributed by atoms with Crippen molar-refractivity contribution in [3.8, 4) is 23.0 Å². The number of pyridine rings is 1. The van der Waals surface area contributed by atoms with E-state index in [1.54, 1.807) is 66.4 Å². The van der Waals surface area contributed by atoms with Gasteiger partial charge in [0.1, 0.15) is 31.9 Å². The van der Waals surface area contributed by atoms with E-state index < -0.39 is 54.1 Å². The quantitative estimate of drug-likeness (QED) is 0.0290. The van der Waals surface area contributed by atoms with Gasteiger partial charge in [0.25, 0.3) is 23.6 Å². The van der Waals surface area contributed by atoms with Crippen LogP contribution in [0.15, 0.2) is 145 Å². The Morgan fingerprint density at radius 2 is 1.28 bits per heavy atom. The van der Waals surface area contributed by atoms with Crippen molar-refractivity contribution in [3.05, 3.63) is 190 Å². The zero-order chi connectivity index (χ0) is 64.7. The number of fused-ring (bicyclic) bond motifs is 6. The van der Waals surface area contributed by atoms with Crippen molar-refractivity contribution < 1.29 is 67.1 Å². The first-order chi connectivity index (χ1) is 44.4. The van der Waals surface area contributed by atoms with Crippen molar-refractivity contribution in [2.75, 3.05) is 31.0 Å². The number of aromatic nitrogens is 1. The van der Waals surface area contributed by atoms with Crippen LogP contribution in [0.5, 0.6) is 23.0 Å². The highest BCUT2D eigenvalue weighted by atomic mass is 16.6. The van der Waals surface area contributed by atoms with Crippen molar-refractivity contribution in [1.82, 2.24) is 30.3 Å². The molecule has 5 atom stereocenters. The highest BCUT2D eigenvalue weighted by Crippen LogP contribution is 2.43. The number of nitrogens with zero attached hydrogens (tertiary/aromatic N) is 6. The highest BCUT2D eigenvalue weighted by Gasteiger charge is 2.46. The van der Waals surface area contributed by atoms with Crippen LogP contribution in [0, 0.1) is 0 Å². The molecular weight excluding hydrogens is 1180 g/mol. The van der Waals surface area contributed by atoms with E-state index in [0.717, 1.165) is 26.5 Å². The summed E-state index contributed by atoms with van der Waals surface area (Å²) in [4.78, 5) is 122. The number of aliphatic imine (C=N–C) groups is 1. The number of imide groups is 1. The Hall–Kier alpha value is -10.7. The molecule has 6 aromatic rings. The van der Waals surface area contributed by atoms with Gasteiger partial charge in [-0.25, -0.2) is 9.69 Å². The molecule has 0 aliphatic carbocycles. The third-order valence-corrected chi connectivity index (χ3v) is 16.8. The summed E-state index contributed by atoms with van der Waals surface area (Å²) in [5, 5.41) is 20.4. The molecule has 5 aliphatic heterocycles. The Morgan fingerprint density at radius 1 is 0.674 bits per heavy atom. The van der Waals surface area contributed by atoms with Crippen LogP contribution in [-0.4, -0.2) is 130 Å². The van der Waals surface area contributed by atoms with Crippen LogP contribution in [0.4, 0.5) is 21.9 Å². The highest BCUT2D eigenvalue weighted by molar-refractivity contribution is 6.13. The summed E-state index contributed by atoms with van der Waals surface area (Å²) in [5.41, 5.74) is 7.23. The molecule has 5 aliphatic rings. The van der Waals surface area contributed by atoms with Gasteiger partial charge in [-0.05, 0) is 109 Å². The minimum atomic E-state index is -1.60. The first kappa shape index (κ1) is 62.9. The third kappa shape index (κ3) is 13.7. The molecule has 11 rings (SSSR count). The Bertz CT molecular complexity index is 3960. The topological polar surface area (TPSA) is 277 Å². The van der Waals surface area contributed by atoms with Gasteiger partial charge in [0.05, 0.1) is 60.2 Å². The lowest BCUT2D eigenvalue weighted by molar-refractivity contribution is -0.137. The van der Waals surface area contributed by atoms with Crippen LogP contribution >= 0.6 is 0 Å². The summed E-state index contributed by atoms with van der Waals surface area (Å²) in [6.45, 7) is 7.39. The van der Waals surface area contributed by atoms with Gasteiger partial charge in [0.2, 0.25) is 17.7 Å². The molecule has 0 spiro atoms. The predicted molar refractivity (Wildman–Crippen MR) is 337 cm³/mol. The normalized spacial score (nSPS) is 17.5. The fraction of sp³-hybridized carbons (Fsp3) is 0.304. The third-order valence-electron chi connectivity index (χ3n) is 16.8. The van der Waals surface area contributed by atoms with E-state index in [1.807, 2.05) is 53.6 Å². The smallest absolute Gasteiger partial charge is 0.416 e. The molecule has 0 fully saturated rings. The zero-order valence-corrected chi connectivity index (χ0v) is 51.2. The molecule has 0 radical (unpaired) electrons.